The monoisotopic (exact) mass is 475 g/mol. The van der Waals surface area contributed by atoms with E-state index in [1.807, 2.05) is 44.3 Å². The van der Waals surface area contributed by atoms with Crippen molar-refractivity contribution in [3.8, 4) is 0 Å². The van der Waals surface area contributed by atoms with Crippen molar-refractivity contribution in [1.29, 1.82) is 0 Å². The number of carbonyl (C=O) groups is 2. The quantitative estimate of drug-likeness (QED) is 0.543. The molecule has 1 aliphatic rings. The first-order chi connectivity index (χ1) is 15.4. The zero-order valence-electron chi connectivity index (χ0n) is 18.4. The van der Waals surface area contributed by atoms with Crippen LogP contribution in [0.2, 0.25) is 10.0 Å². The number of carbonyl (C=O) groups excluding carboxylic acids is 2. The molecule has 0 spiro atoms. The summed E-state index contributed by atoms with van der Waals surface area (Å²) in [6.07, 6.45) is 0. The summed E-state index contributed by atoms with van der Waals surface area (Å²) in [7, 11) is 1.95. The SMILES string of the molecule is CCOC(=O)C1=C(CN(C)Cc2ccccc2)N(CC)C(=O)NC1c1cccc(Cl)c1Cl. The largest absolute Gasteiger partial charge is 0.463 e. The highest BCUT2D eigenvalue weighted by atomic mass is 35.5. The van der Waals surface area contributed by atoms with Crippen LogP contribution < -0.4 is 5.32 Å². The Morgan fingerprint density at radius 1 is 1.09 bits per heavy atom. The van der Waals surface area contributed by atoms with Crippen LogP contribution in [0.4, 0.5) is 4.79 Å². The first-order valence-electron chi connectivity index (χ1n) is 10.5. The molecule has 0 radical (unpaired) electrons. The summed E-state index contributed by atoms with van der Waals surface area (Å²) in [5, 5.41) is 3.55. The molecular formula is C24H27Cl2N3O3. The summed E-state index contributed by atoms with van der Waals surface area (Å²) >= 11 is 12.7. The summed E-state index contributed by atoms with van der Waals surface area (Å²) in [6, 6.07) is 14.1. The second kappa shape index (κ2) is 10.9. The van der Waals surface area contributed by atoms with E-state index in [2.05, 4.69) is 10.2 Å². The van der Waals surface area contributed by atoms with E-state index in [4.69, 9.17) is 27.9 Å². The molecule has 0 bridgehead atoms. The number of amides is 2. The van der Waals surface area contributed by atoms with E-state index < -0.39 is 12.0 Å². The fraction of sp³-hybridized carbons (Fsp3) is 0.333. The van der Waals surface area contributed by atoms with E-state index in [0.717, 1.165) is 5.56 Å². The average molecular weight is 476 g/mol. The first kappa shape index (κ1) is 24.1. The van der Waals surface area contributed by atoms with Gasteiger partial charge in [-0.3, -0.25) is 9.80 Å². The molecule has 0 saturated heterocycles. The summed E-state index contributed by atoms with van der Waals surface area (Å²) in [5.41, 5.74) is 2.63. The molecule has 1 unspecified atom stereocenters. The Balaban J connectivity index is 2.08. The number of urea groups is 1. The fourth-order valence-corrected chi connectivity index (χ4v) is 4.26. The Morgan fingerprint density at radius 3 is 2.47 bits per heavy atom. The fourth-order valence-electron chi connectivity index (χ4n) is 3.84. The van der Waals surface area contributed by atoms with Crippen molar-refractivity contribution in [2.45, 2.75) is 26.4 Å². The van der Waals surface area contributed by atoms with Crippen molar-refractivity contribution in [3.05, 3.63) is 81.0 Å². The lowest BCUT2D eigenvalue weighted by Crippen LogP contribution is -2.50. The molecule has 8 heteroatoms. The van der Waals surface area contributed by atoms with Crippen LogP contribution in [0, 0.1) is 0 Å². The molecular weight excluding hydrogens is 449 g/mol. The Morgan fingerprint density at radius 2 is 1.81 bits per heavy atom. The summed E-state index contributed by atoms with van der Waals surface area (Å²) in [4.78, 5) is 29.8. The summed E-state index contributed by atoms with van der Waals surface area (Å²) in [6.45, 7) is 5.26. The number of benzene rings is 2. The van der Waals surface area contributed by atoms with E-state index in [9.17, 15) is 9.59 Å². The maximum absolute atomic E-state index is 13.1. The van der Waals surface area contributed by atoms with Crippen LogP contribution in [0.5, 0.6) is 0 Å². The molecule has 2 aromatic rings. The zero-order valence-corrected chi connectivity index (χ0v) is 19.9. The number of halogens is 2. The van der Waals surface area contributed by atoms with E-state index in [1.54, 1.807) is 30.0 Å². The van der Waals surface area contributed by atoms with Crippen molar-refractivity contribution in [1.82, 2.24) is 15.1 Å². The van der Waals surface area contributed by atoms with Crippen LogP contribution in [0.3, 0.4) is 0 Å². The van der Waals surface area contributed by atoms with Crippen molar-refractivity contribution >= 4 is 35.2 Å². The van der Waals surface area contributed by atoms with Crippen LogP contribution >= 0.6 is 23.2 Å². The predicted molar refractivity (Wildman–Crippen MR) is 127 cm³/mol. The smallest absolute Gasteiger partial charge is 0.338 e. The number of ether oxygens (including phenoxy) is 1. The van der Waals surface area contributed by atoms with Crippen molar-refractivity contribution < 1.29 is 14.3 Å². The van der Waals surface area contributed by atoms with E-state index >= 15 is 0 Å². The van der Waals surface area contributed by atoms with Gasteiger partial charge in [-0.05, 0) is 38.1 Å². The van der Waals surface area contributed by atoms with Gasteiger partial charge in [0.15, 0.2) is 0 Å². The molecule has 3 rings (SSSR count). The minimum atomic E-state index is -0.768. The molecule has 1 atom stereocenters. The number of nitrogens with zero attached hydrogens (tertiary/aromatic N) is 2. The maximum atomic E-state index is 13.1. The summed E-state index contributed by atoms with van der Waals surface area (Å²) in [5.74, 6) is -0.491. The molecule has 1 aliphatic heterocycles. The van der Waals surface area contributed by atoms with Gasteiger partial charge in [0.2, 0.25) is 0 Å². The highest BCUT2D eigenvalue weighted by Gasteiger charge is 2.39. The molecule has 32 heavy (non-hydrogen) atoms. The van der Waals surface area contributed by atoms with Crippen LogP contribution in [0.25, 0.3) is 0 Å². The van der Waals surface area contributed by atoms with Crippen molar-refractivity contribution in [2.75, 3.05) is 26.7 Å². The van der Waals surface area contributed by atoms with Crippen molar-refractivity contribution in [2.24, 2.45) is 0 Å². The third kappa shape index (κ3) is 5.26. The normalized spacial score (nSPS) is 16.4. The molecule has 1 heterocycles. The molecule has 2 aromatic carbocycles. The second-order valence-electron chi connectivity index (χ2n) is 7.51. The number of nitrogens with one attached hydrogen (secondary N) is 1. The van der Waals surface area contributed by atoms with Gasteiger partial charge >= 0.3 is 12.0 Å². The summed E-state index contributed by atoms with van der Waals surface area (Å²) < 4.78 is 5.39. The topological polar surface area (TPSA) is 61.9 Å². The van der Waals surface area contributed by atoms with E-state index in [-0.39, 0.29) is 12.6 Å². The van der Waals surface area contributed by atoms with Gasteiger partial charge < -0.3 is 10.1 Å². The van der Waals surface area contributed by atoms with Gasteiger partial charge in [-0.15, -0.1) is 0 Å². The molecule has 170 valence electrons. The lowest BCUT2D eigenvalue weighted by atomic mass is 9.94. The molecule has 2 amide bonds. The highest BCUT2D eigenvalue weighted by molar-refractivity contribution is 6.42. The van der Waals surface area contributed by atoms with Gasteiger partial charge in [-0.2, -0.15) is 0 Å². The molecule has 6 nitrogen and oxygen atoms in total. The molecule has 0 fully saturated rings. The van der Waals surface area contributed by atoms with Gasteiger partial charge in [0.25, 0.3) is 0 Å². The first-order valence-corrected chi connectivity index (χ1v) is 11.3. The van der Waals surface area contributed by atoms with Gasteiger partial charge in [0.1, 0.15) is 0 Å². The lowest BCUT2D eigenvalue weighted by molar-refractivity contribution is -0.139. The van der Waals surface area contributed by atoms with Gasteiger partial charge in [-0.1, -0.05) is 65.7 Å². The van der Waals surface area contributed by atoms with Crippen LogP contribution in [-0.2, 0) is 16.1 Å². The van der Waals surface area contributed by atoms with E-state index in [0.29, 0.717) is 46.5 Å². The molecule has 0 aliphatic carbocycles. The molecule has 0 aromatic heterocycles. The Kier molecular flexibility index (Phi) is 8.18. The van der Waals surface area contributed by atoms with Gasteiger partial charge in [-0.25, -0.2) is 9.59 Å². The molecule has 0 saturated carbocycles. The second-order valence-corrected chi connectivity index (χ2v) is 8.29. The number of esters is 1. The highest BCUT2D eigenvalue weighted by Crippen LogP contribution is 2.37. The minimum Gasteiger partial charge on any atom is -0.463 e. The molecule has 1 N–H and O–H groups in total. The van der Waals surface area contributed by atoms with Crippen LogP contribution in [0.15, 0.2) is 59.8 Å². The van der Waals surface area contributed by atoms with Gasteiger partial charge in [0, 0.05) is 25.3 Å². The maximum Gasteiger partial charge on any atom is 0.338 e. The van der Waals surface area contributed by atoms with Crippen LogP contribution in [0.1, 0.15) is 31.0 Å². The number of hydrogen-bond acceptors (Lipinski definition) is 4. The number of rotatable bonds is 8. The van der Waals surface area contributed by atoms with Crippen molar-refractivity contribution in [3.63, 3.8) is 0 Å². The van der Waals surface area contributed by atoms with E-state index in [1.165, 1.54) is 0 Å². The average Bonchev–Trinajstić information content (AvgIpc) is 2.76. The third-order valence-electron chi connectivity index (χ3n) is 5.26. The Labute approximate surface area is 198 Å². The Bertz CT molecular complexity index is 1010. The third-order valence-corrected chi connectivity index (χ3v) is 6.09. The number of hydrogen-bond donors (Lipinski definition) is 1. The lowest BCUT2D eigenvalue weighted by Gasteiger charge is -2.37. The minimum absolute atomic E-state index is 0.214. The predicted octanol–water partition coefficient (Wildman–Crippen LogP) is 5.03. The Hall–Kier alpha value is -2.54. The zero-order chi connectivity index (χ0) is 23.3. The standard InChI is InChI=1S/C24H27Cl2N3O3/c1-4-29-19(15-28(3)14-16-10-7-6-8-11-16)20(23(30)32-5-2)22(27-24(29)31)17-12-9-13-18(25)21(17)26/h6-13,22H,4-5,14-15H2,1-3H3,(H,27,31). The van der Waals surface area contributed by atoms with Gasteiger partial charge in [0.05, 0.1) is 28.3 Å². The number of likely N-dealkylation sites (N-methyl/N-ethyl adjacent to an activating group) is 2. The van der Waals surface area contributed by atoms with Crippen LogP contribution in [-0.4, -0.2) is 48.5 Å².